The second-order valence-corrected chi connectivity index (χ2v) is 6.96. The normalized spacial score (nSPS) is 11.6. The molecule has 1 amide bonds. The number of pyridine rings is 1. The van der Waals surface area contributed by atoms with Gasteiger partial charge in [-0.3, -0.25) is 9.48 Å². The quantitative estimate of drug-likeness (QED) is 0.453. The standard InChI is InChI=1S/C20H16F2N8O/c1-29-9-12(5-27-29)18-17-13(6-23-19(17)26-10-25-18)11-2-3-30-15(4-11)14(7-28-30)20(31)24-8-16(21)22/h2-7,9-10,16H,8H2,1H3,(H,24,31)(H,23,25,26). The van der Waals surface area contributed by atoms with Crippen molar-refractivity contribution in [3.8, 4) is 22.4 Å². The molecule has 0 atom stereocenters. The van der Waals surface area contributed by atoms with Gasteiger partial charge >= 0.3 is 0 Å². The van der Waals surface area contributed by atoms with Gasteiger partial charge in [0.15, 0.2) is 0 Å². The van der Waals surface area contributed by atoms with Crippen LogP contribution in [0.25, 0.3) is 38.9 Å². The Morgan fingerprint density at radius 2 is 2.10 bits per heavy atom. The number of rotatable bonds is 5. The minimum Gasteiger partial charge on any atom is -0.346 e. The fourth-order valence-electron chi connectivity index (χ4n) is 3.54. The number of H-pyrrole nitrogens is 1. The van der Waals surface area contributed by atoms with Gasteiger partial charge in [-0.2, -0.15) is 10.2 Å². The molecule has 0 aliphatic carbocycles. The lowest BCUT2D eigenvalue weighted by Crippen LogP contribution is -2.28. The van der Waals surface area contributed by atoms with Crippen molar-refractivity contribution >= 4 is 22.5 Å². The Bertz CT molecular complexity index is 1420. The summed E-state index contributed by atoms with van der Waals surface area (Å²) in [5.41, 5.74) is 4.56. The second kappa shape index (κ2) is 7.27. The minimum absolute atomic E-state index is 0.214. The van der Waals surface area contributed by atoms with Crippen LogP contribution in [0.15, 0.2) is 49.4 Å². The third kappa shape index (κ3) is 3.29. The van der Waals surface area contributed by atoms with E-state index >= 15 is 0 Å². The van der Waals surface area contributed by atoms with Gasteiger partial charge in [0.25, 0.3) is 12.3 Å². The number of aromatic nitrogens is 7. The zero-order valence-electron chi connectivity index (χ0n) is 16.3. The average molecular weight is 422 g/mol. The number of carbonyl (C=O) groups is 1. The number of fused-ring (bicyclic) bond motifs is 2. The summed E-state index contributed by atoms with van der Waals surface area (Å²) in [7, 11) is 1.83. The third-order valence-corrected chi connectivity index (χ3v) is 4.94. The first-order valence-corrected chi connectivity index (χ1v) is 9.36. The number of nitrogens with one attached hydrogen (secondary N) is 2. The zero-order valence-corrected chi connectivity index (χ0v) is 16.3. The molecule has 5 rings (SSSR count). The summed E-state index contributed by atoms with van der Waals surface area (Å²) in [6.45, 7) is -0.718. The second-order valence-electron chi connectivity index (χ2n) is 6.96. The van der Waals surface area contributed by atoms with Crippen LogP contribution >= 0.6 is 0 Å². The van der Waals surface area contributed by atoms with Crippen molar-refractivity contribution in [1.29, 1.82) is 0 Å². The molecule has 0 saturated heterocycles. The van der Waals surface area contributed by atoms with E-state index in [9.17, 15) is 13.6 Å². The van der Waals surface area contributed by atoms with E-state index in [1.807, 2.05) is 25.5 Å². The van der Waals surface area contributed by atoms with E-state index in [0.717, 1.165) is 27.8 Å². The Morgan fingerprint density at radius 3 is 2.87 bits per heavy atom. The number of aromatic amines is 1. The van der Waals surface area contributed by atoms with E-state index in [0.29, 0.717) is 11.2 Å². The number of nitrogens with zero attached hydrogens (tertiary/aromatic N) is 6. The van der Waals surface area contributed by atoms with Gasteiger partial charge in [-0.05, 0) is 17.7 Å². The molecule has 11 heteroatoms. The lowest BCUT2D eigenvalue weighted by Gasteiger charge is -2.06. The van der Waals surface area contributed by atoms with Crippen LogP contribution in [0.5, 0.6) is 0 Å². The Balaban J connectivity index is 1.63. The first kappa shape index (κ1) is 18.9. The van der Waals surface area contributed by atoms with Gasteiger partial charge in [-0.25, -0.2) is 23.3 Å². The molecular formula is C20H16F2N8O. The highest BCUT2D eigenvalue weighted by Crippen LogP contribution is 2.34. The SMILES string of the molecule is Cn1cc(-c2ncnc3[nH]cc(-c4ccn5ncc(C(=O)NCC(F)F)c5c4)c23)cn1. The highest BCUT2D eigenvalue weighted by Gasteiger charge is 2.18. The van der Waals surface area contributed by atoms with Gasteiger partial charge in [0.05, 0.1) is 41.1 Å². The summed E-state index contributed by atoms with van der Waals surface area (Å²) in [5.74, 6) is -0.606. The maximum absolute atomic E-state index is 12.5. The van der Waals surface area contributed by atoms with Crippen molar-refractivity contribution in [3.05, 3.63) is 55.0 Å². The molecular weight excluding hydrogens is 406 g/mol. The summed E-state index contributed by atoms with van der Waals surface area (Å²) in [6, 6.07) is 3.64. The number of amides is 1. The van der Waals surface area contributed by atoms with Crippen LogP contribution in [0.2, 0.25) is 0 Å². The van der Waals surface area contributed by atoms with E-state index in [1.165, 1.54) is 17.0 Å². The molecule has 156 valence electrons. The van der Waals surface area contributed by atoms with Crippen molar-refractivity contribution < 1.29 is 13.6 Å². The molecule has 0 fully saturated rings. The minimum atomic E-state index is -2.63. The van der Waals surface area contributed by atoms with Crippen LogP contribution in [-0.2, 0) is 7.05 Å². The number of halogens is 2. The number of hydrogen-bond acceptors (Lipinski definition) is 5. The smallest absolute Gasteiger partial charge is 0.255 e. The third-order valence-electron chi connectivity index (χ3n) is 4.94. The average Bonchev–Trinajstić information content (AvgIpc) is 3.49. The summed E-state index contributed by atoms with van der Waals surface area (Å²) >= 11 is 0. The van der Waals surface area contributed by atoms with Crippen LogP contribution in [0.4, 0.5) is 8.78 Å². The predicted octanol–water partition coefficient (Wildman–Crippen LogP) is 2.67. The van der Waals surface area contributed by atoms with Crippen LogP contribution in [-0.4, -0.2) is 53.2 Å². The lowest BCUT2D eigenvalue weighted by atomic mass is 10.0. The Kier molecular flexibility index (Phi) is 4.42. The molecule has 0 unspecified atom stereocenters. The Morgan fingerprint density at radius 1 is 1.23 bits per heavy atom. The molecule has 5 aromatic rings. The van der Waals surface area contributed by atoms with E-state index in [4.69, 9.17) is 0 Å². The first-order valence-electron chi connectivity index (χ1n) is 9.36. The molecule has 5 heterocycles. The van der Waals surface area contributed by atoms with Gasteiger partial charge in [0.2, 0.25) is 0 Å². The predicted molar refractivity (Wildman–Crippen MR) is 109 cm³/mol. The maximum Gasteiger partial charge on any atom is 0.255 e. The number of aryl methyl sites for hydroxylation is 1. The van der Waals surface area contributed by atoms with E-state index < -0.39 is 18.9 Å². The van der Waals surface area contributed by atoms with Crippen LogP contribution in [0, 0.1) is 0 Å². The number of hydrogen-bond donors (Lipinski definition) is 2. The molecule has 0 aliphatic rings. The molecule has 9 nitrogen and oxygen atoms in total. The summed E-state index contributed by atoms with van der Waals surface area (Å²) in [5, 5.41) is 11.4. The van der Waals surface area contributed by atoms with Gasteiger partial charge in [-0.1, -0.05) is 0 Å². The van der Waals surface area contributed by atoms with Crippen molar-refractivity contribution in [2.75, 3.05) is 6.54 Å². The Labute approximate surface area is 173 Å². The van der Waals surface area contributed by atoms with Gasteiger partial charge in [0, 0.05) is 36.8 Å². The zero-order chi connectivity index (χ0) is 21.5. The molecule has 0 spiro atoms. The maximum atomic E-state index is 12.5. The van der Waals surface area contributed by atoms with Crippen LogP contribution in [0.3, 0.4) is 0 Å². The molecule has 0 saturated carbocycles. The molecule has 5 aromatic heterocycles. The molecule has 0 bridgehead atoms. The van der Waals surface area contributed by atoms with Crippen molar-refractivity contribution in [2.24, 2.45) is 7.05 Å². The van der Waals surface area contributed by atoms with E-state index in [2.05, 4.69) is 30.5 Å². The topological polar surface area (TPSA) is 106 Å². The van der Waals surface area contributed by atoms with Crippen molar-refractivity contribution in [2.45, 2.75) is 6.43 Å². The van der Waals surface area contributed by atoms with E-state index in [1.54, 1.807) is 23.1 Å². The van der Waals surface area contributed by atoms with Crippen LogP contribution in [0.1, 0.15) is 10.4 Å². The fourth-order valence-corrected chi connectivity index (χ4v) is 3.54. The lowest BCUT2D eigenvalue weighted by molar-refractivity contribution is 0.0893. The molecule has 2 N–H and O–H groups in total. The van der Waals surface area contributed by atoms with Gasteiger partial charge < -0.3 is 10.3 Å². The molecule has 0 radical (unpaired) electrons. The van der Waals surface area contributed by atoms with Crippen molar-refractivity contribution in [3.63, 3.8) is 0 Å². The van der Waals surface area contributed by atoms with Gasteiger partial charge in [-0.15, -0.1) is 0 Å². The van der Waals surface area contributed by atoms with Crippen LogP contribution < -0.4 is 5.32 Å². The monoisotopic (exact) mass is 422 g/mol. The highest BCUT2D eigenvalue weighted by atomic mass is 19.3. The fraction of sp³-hybridized carbons (Fsp3) is 0.150. The first-order chi connectivity index (χ1) is 15.0. The van der Waals surface area contributed by atoms with E-state index in [-0.39, 0.29) is 5.56 Å². The van der Waals surface area contributed by atoms with Crippen molar-refractivity contribution in [1.82, 2.24) is 39.7 Å². The number of carbonyl (C=O) groups excluding carboxylic acids is 1. The highest BCUT2D eigenvalue weighted by molar-refractivity contribution is 6.04. The van der Waals surface area contributed by atoms with Gasteiger partial charge in [0.1, 0.15) is 12.0 Å². The largest absolute Gasteiger partial charge is 0.346 e. The summed E-state index contributed by atoms with van der Waals surface area (Å²) < 4.78 is 28.2. The molecule has 31 heavy (non-hydrogen) atoms. The summed E-state index contributed by atoms with van der Waals surface area (Å²) in [6.07, 6.45) is 7.34. The molecule has 0 aromatic carbocycles. The molecule has 0 aliphatic heterocycles. The number of alkyl halides is 2. The summed E-state index contributed by atoms with van der Waals surface area (Å²) in [4.78, 5) is 24.3. The Hall–Kier alpha value is -4.15.